The molecule has 1 N–H and O–H groups in total. The zero-order chi connectivity index (χ0) is 18.5. The maximum atomic E-state index is 5.03. The number of rotatable bonds is 6. The first-order valence-electron chi connectivity index (χ1n) is 8.90. The summed E-state index contributed by atoms with van der Waals surface area (Å²) >= 11 is 0. The van der Waals surface area contributed by atoms with Gasteiger partial charge in [0.25, 0.3) is 0 Å². The molecule has 138 valence electrons. The van der Waals surface area contributed by atoms with Crippen LogP contribution in [0.15, 0.2) is 49.3 Å². The molecule has 0 amide bonds. The molecule has 0 aromatic carbocycles. The zero-order valence-corrected chi connectivity index (χ0v) is 15.1. The van der Waals surface area contributed by atoms with Crippen molar-refractivity contribution in [3.8, 4) is 6.01 Å². The predicted molar refractivity (Wildman–Crippen MR) is 101 cm³/mol. The van der Waals surface area contributed by atoms with Crippen LogP contribution in [-0.2, 0) is 6.54 Å². The number of hydrogen-bond donors (Lipinski definition) is 1. The van der Waals surface area contributed by atoms with E-state index >= 15 is 0 Å². The van der Waals surface area contributed by atoms with Crippen molar-refractivity contribution in [2.45, 2.75) is 25.4 Å². The number of nitrogens with one attached hydrogen (secondary N) is 1. The van der Waals surface area contributed by atoms with Gasteiger partial charge in [0.05, 0.1) is 13.3 Å². The van der Waals surface area contributed by atoms with E-state index in [0.29, 0.717) is 17.9 Å². The molecular weight excluding hydrogens is 342 g/mol. The lowest BCUT2D eigenvalue weighted by Crippen LogP contribution is -2.23. The first kappa shape index (κ1) is 17.3. The Bertz CT molecular complexity index is 873. The summed E-state index contributed by atoms with van der Waals surface area (Å²) < 4.78 is 5.03. The lowest BCUT2D eigenvalue weighted by atomic mass is 10.1. The minimum atomic E-state index is 0.345. The third kappa shape index (κ3) is 4.17. The normalized spacial score (nSPS) is 17.0. The molecule has 8 heteroatoms. The molecule has 1 saturated heterocycles. The Morgan fingerprint density at radius 2 is 1.93 bits per heavy atom. The number of ether oxygens (including phenoxy) is 1. The van der Waals surface area contributed by atoms with E-state index in [4.69, 9.17) is 4.74 Å². The molecule has 27 heavy (non-hydrogen) atoms. The van der Waals surface area contributed by atoms with Crippen LogP contribution < -0.4 is 10.1 Å². The highest BCUT2D eigenvalue weighted by Gasteiger charge is 2.26. The fraction of sp³-hybridized carbons (Fsp3) is 0.316. The summed E-state index contributed by atoms with van der Waals surface area (Å²) in [6.07, 6.45) is 12.8. The van der Waals surface area contributed by atoms with Crippen LogP contribution in [-0.4, -0.2) is 43.5 Å². The summed E-state index contributed by atoms with van der Waals surface area (Å²) in [6, 6.07) is 4.90. The van der Waals surface area contributed by atoms with Crippen molar-refractivity contribution >= 4 is 11.6 Å². The number of likely N-dealkylation sites (tertiary alicyclic amines) is 1. The van der Waals surface area contributed by atoms with Gasteiger partial charge < -0.3 is 10.1 Å². The van der Waals surface area contributed by atoms with Crippen molar-refractivity contribution in [1.29, 1.82) is 0 Å². The van der Waals surface area contributed by atoms with E-state index in [9.17, 15) is 0 Å². The van der Waals surface area contributed by atoms with Crippen molar-refractivity contribution in [2.24, 2.45) is 0 Å². The average molecular weight is 363 g/mol. The molecule has 3 aromatic heterocycles. The number of nitrogens with zero attached hydrogens (tertiary/aromatic N) is 6. The van der Waals surface area contributed by atoms with Crippen LogP contribution in [0, 0.1) is 0 Å². The summed E-state index contributed by atoms with van der Waals surface area (Å²) in [4.78, 5) is 23.6. The Morgan fingerprint density at radius 3 is 2.70 bits per heavy atom. The number of hydrogen-bond acceptors (Lipinski definition) is 8. The molecule has 3 aromatic rings. The summed E-state index contributed by atoms with van der Waals surface area (Å²) in [7, 11) is 1.57. The summed E-state index contributed by atoms with van der Waals surface area (Å²) in [5, 5.41) is 3.21. The molecule has 1 aliphatic rings. The van der Waals surface area contributed by atoms with E-state index in [1.54, 1.807) is 25.7 Å². The maximum Gasteiger partial charge on any atom is 0.316 e. The van der Waals surface area contributed by atoms with Crippen molar-refractivity contribution in [3.05, 3.63) is 60.4 Å². The summed E-state index contributed by atoms with van der Waals surface area (Å²) in [5.41, 5.74) is 2.32. The molecule has 0 unspecified atom stereocenters. The molecule has 0 bridgehead atoms. The van der Waals surface area contributed by atoms with Crippen LogP contribution in [0.3, 0.4) is 0 Å². The second-order valence-corrected chi connectivity index (χ2v) is 6.40. The smallest absolute Gasteiger partial charge is 0.316 e. The predicted octanol–water partition coefficient (Wildman–Crippen LogP) is 2.75. The van der Waals surface area contributed by atoms with Crippen molar-refractivity contribution in [1.82, 2.24) is 29.8 Å². The van der Waals surface area contributed by atoms with E-state index in [1.807, 2.05) is 18.6 Å². The van der Waals surface area contributed by atoms with Crippen LogP contribution in [0.5, 0.6) is 6.01 Å². The highest BCUT2D eigenvalue weighted by Crippen LogP contribution is 2.33. The van der Waals surface area contributed by atoms with Crippen molar-refractivity contribution < 1.29 is 4.74 Å². The fourth-order valence-corrected chi connectivity index (χ4v) is 3.37. The molecule has 0 spiro atoms. The van der Waals surface area contributed by atoms with Gasteiger partial charge >= 0.3 is 6.01 Å². The van der Waals surface area contributed by atoms with E-state index in [0.717, 1.165) is 37.3 Å². The van der Waals surface area contributed by atoms with Crippen molar-refractivity contribution in [2.75, 3.05) is 19.0 Å². The quantitative estimate of drug-likeness (QED) is 0.715. The zero-order valence-electron chi connectivity index (χ0n) is 15.1. The Kier molecular flexibility index (Phi) is 5.15. The van der Waals surface area contributed by atoms with Gasteiger partial charge in [0.15, 0.2) is 0 Å². The lowest BCUT2D eigenvalue weighted by molar-refractivity contribution is 0.247. The summed E-state index contributed by atoms with van der Waals surface area (Å²) in [6.45, 7) is 1.86. The van der Waals surface area contributed by atoms with E-state index in [1.165, 1.54) is 5.56 Å². The summed E-state index contributed by atoms with van der Waals surface area (Å²) in [5.74, 6) is 1.45. The Morgan fingerprint density at radius 1 is 1.07 bits per heavy atom. The van der Waals surface area contributed by atoms with Gasteiger partial charge in [-0.15, -0.1) is 0 Å². The average Bonchev–Trinajstić information content (AvgIpc) is 3.18. The van der Waals surface area contributed by atoms with Crippen LogP contribution in [0.2, 0.25) is 0 Å². The monoisotopic (exact) mass is 363 g/mol. The van der Waals surface area contributed by atoms with E-state index < -0.39 is 0 Å². The SMILES string of the molecule is COc1ncc(CN2CCC[C@H]2c2ccnc(Nc3cnccn3)c2)cn1. The van der Waals surface area contributed by atoms with Gasteiger partial charge in [-0.05, 0) is 37.1 Å². The molecule has 0 saturated carbocycles. The first-order valence-corrected chi connectivity index (χ1v) is 8.90. The molecular formula is C19H21N7O. The minimum absolute atomic E-state index is 0.345. The first-order chi connectivity index (χ1) is 13.3. The fourth-order valence-electron chi connectivity index (χ4n) is 3.37. The minimum Gasteiger partial charge on any atom is -0.467 e. The molecule has 0 radical (unpaired) electrons. The van der Waals surface area contributed by atoms with Crippen molar-refractivity contribution in [3.63, 3.8) is 0 Å². The number of aromatic nitrogens is 5. The largest absolute Gasteiger partial charge is 0.467 e. The topological polar surface area (TPSA) is 89.0 Å². The number of methoxy groups -OCH3 is 1. The Labute approximate surface area is 157 Å². The van der Waals surface area contributed by atoms with Gasteiger partial charge in [0, 0.05) is 49.1 Å². The Hall–Kier alpha value is -3.13. The molecule has 1 fully saturated rings. The van der Waals surface area contributed by atoms with E-state index in [2.05, 4.69) is 47.3 Å². The van der Waals surface area contributed by atoms with Gasteiger partial charge in [-0.2, -0.15) is 0 Å². The second-order valence-electron chi connectivity index (χ2n) is 6.40. The third-order valence-corrected chi connectivity index (χ3v) is 4.60. The van der Waals surface area contributed by atoms with Crippen LogP contribution >= 0.6 is 0 Å². The third-order valence-electron chi connectivity index (χ3n) is 4.60. The number of pyridine rings is 1. The highest BCUT2D eigenvalue weighted by molar-refractivity contribution is 5.51. The second kappa shape index (κ2) is 8.05. The van der Waals surface area contributed by atoms with Gasteiger partial charge in [-0.25, -0.2) is 19.9 Å². The molecule has 4 rings (SSSR count). The van der Waals surface area contributed by atoms with Crippen LogP contribution in [0.4, 0.5) is 11.6 Å². The highest BCUT2D eigenvalue weighted by atomic mass is 16.5. The molecule has 4 heterocycles. The van der Waals surface area contributed by atoms with Gasteiger partial charge in [-0.1, -0.05) is 0 Å². The Balaban J connectivity index is 1.48. The van der Waals surface area contributed by atoms with Crippen LogP contribution in [0.25, 0.3) is 0 Å². The lowest BCUT2D eigenvalue weighted by Gasteiger charge is -2.25. The van der Waals surface area contributed by atoms with Gasteiger partial charge in [0.1, 0.15) is 11.6 Å². The molecule has 0 aliphatic carbocycles. The van der Waals surface area contributed by atoms with Gasteiger partial charge in [-0.3, -0.25) is 9.88 Å². The maximum absolute atomic E-state index is 5.03. The van der Waals surface area contributed by atoms with Gasteiger partial charge in [0.2, 0.25) is 0 Å². The molecule has 8 nitrogen and oxygen atoms in total. The number of anilines is 2. The molecule has 1 atom stereocenters. The van der Waals surface area contributed by atoms with E-state index in [-0.39, 0.29) is 0 Å². The molecule has 1 aliphatic heterocycles. The standard InChI is InChI=1S/C19H21N7O/c1-27-19-23-10-14(11-24-19)13-26-8-2-3-16(26)15-4-5-21-17(9-15)25-18-12-20-6-7-22-18/h4-7,9-12,16H,2-3,8,13H2,1H3,(H,21,22,25)/t16-/m0/s1. The van der Waals surface area contributed by atoms with Crippen LogP contribution in [0.1, 0.15) is 30.0 Å².